The molecule has 1 atom stereocenters. The van der Waals surface area contributed by atoms with Gasteiger partial charge in [0.1, 0.15) is 5.75 Å². The third-order valence-corrected chi connectivity index (χ3v) is 3.19. The minimum Gasteiger partial charge on any atom is -0.481 e. The van der Waals surface area contributed by atoms with Crippen molar-refractivity contribution in [1.82, 2.24) is 4.90 Å². The van der Waals surface area contributed by atoms with Gasteiger partial charge in [-0.15, -0.1) is 0 Å². The molecule has 1 N–H and O–H groups in total. The minimum atomic E-state index is -0.563. The Kier molecular flexibility index (Phi) is 5.57. The van der Waals surface area contributed by atoms with Gasteiger partial charge in [0.05, 0.1) is 6.61 Å². The monoisotopic (exact) mass is 279 g/mol. The van der Waals surface area contributed by atoms with Crippen LogP contribution in [0.5, 0.6) is 5.75 Å². The average molecular weight is 279 g/mol. The number of likely N-dealkylation sites (N-methyl/N-ethyl adjacent to an activating group) is 1. The molecule has 0 aliphatic heterocycles. The molecular formula is C16H25NO3. The number of hydrogen-bond acceptors (Lipinski definition) is 3. The number of hydrogen-bond donors (Lipinski definition) is 1. The smallest absolute Gasteiger partial charge is 0.263 e. The molecule has 0 aliphatic carbocycles. The lowest BCUT2D eigenvalue weighted by Crippen LogP contribution is -2.39. The Morgan fingerprint density at radius 3 is 2.30 bits per heavy atom. The number of aliphatic hydroxyl groups excluding tert-OH is 1. The molecule has 1 unspecified atom stereocenters. The lowest BCUT2D eigenvalue weighted by molar-refractivity contribution is -0.137. The lowest BCUT2D eigenvalue weighted by Gasteiger charge is -2.22. The molecule has 1 aromatic carbocycles. The van der Waals surface area contributed by atoms with Gasteiger partial charge in [0.15, 0.2) is 6.10 Å². The van der Waals surface area contributed by atoms with E-state index in [1.54, 1.807) is 14.0 Å². The fourth-order valence-electron chi connectivity index (χ4n) is 1.86. The highest BCUT2D eigenvalue weighted by Crippen LogP contribution is 2.24. The van der Waals surface area contributed by atoms with Crippen molar-refractivity contribution < 1.29 is 14.6 Å². The second-order valence-corrected chi connectivity index (χ2v) is 6.02. The first-order valence-corrected chi connectivity index (χ1v) is 6.88. The maximum absolute atomic E-state index is 12.0. The van der Waals surface area contributed by atoms with Gasteiger partial charge in [0, 0.05) is 13.6 Å². The Bertz CT molecular complexity index is 434. The van der Waals surface area contributed by atoms with Gasteiger partial charge in [-0.2, -0.15) is 0 Å². The molecular weight excluding hydrogens is 254 g/mol. The molecule has 1 rings (SSSR count). The molecule has 112 valence electrons. The van der Waals surface area contributed by atoms with Gasteiger partial charge in [-0.3, -0.25) is 4.79 Å². The third kappa shape index (κ3) is 4.53. The quantitative estimate of drug-likeness (QED) is 0.899. The number of ether oxygens (including phenoxy) is 1. The zero-order valence-corrected chi connectivity index (χ0v) is 13.0. The van der Waals surface area contributed by atoms with E-state index in [9.17, 15) is 4.79 Å². The summed E-state index contributed by atoms with van der Waals surface area (Å²) < 4.78 is 5.64. The standard InChI is InChI=1S/C16H25NO3/c1-12(15(19)17(5)10-11-18)20-14-8-6-13(7-9-14)16(2,3)4/h6-9,12,18H,10-11H2,1-5H3. The Morgan fingerprint density at radius 1 is 1.30 bits per heavy atom. The van der Waals surface area contributed by atoms with Crippen LogP contribution >= 0.6 is 0 Å². The first-order chi connectivity index (χ1) is 9.25. The van der Waals surface area contributed by atoms with Gasteiger partial charge >= 0.3 is 0 Å². The molecule has 4 nitrogen and oxygen atoms in total. The van der Waals surface area contributed by atoms with Crippen LogP contribution in [-0.4, -0.2) is 42.2 Å². The number of nitrogens with zero attached hydrogens (tertiary/aromatic N) is 1. The van der Waals surface area contributed by atoms with E-state index in [1.807, 2.05) is 24.3 Å². The summed E-state index contributed by atoms with van der Waals surface area (Å²) in [5.74, 6) is 0.537. The molecule has 0 aliphatic rings. The largest absolute Gasteiger partial charge is 0.481 e. The summed E-state index contributed by atoms with van der Waals surface area (Å²) in [5.41, 5.74) is 1.32. The van der Waals surface area contributed by atoms with Crippen molar-refractivity contribution in [2.24, 2.45) is 0 Å². The van der Waals surface area contributed by atoms with Crippen LogP contribution in [-0.2, 0) is 10.2 Å². The molecule has 0 radical (unpaired) electrons. The highest BCUT2D eigenvalue weighted by Gasteiger charge is 2.19. The van der Waals surface area contributed by atoms with Gasteiger partial charge in [0.2, 0.25) is 0 Å². The van der Waals surface area contributed by atoms with Crippen molar-refractivity contribution >= 4 is 5.91 Å². The van der Waals surface area contributed by atoms with E-state index in [2.05, 4.69) is 20.8 Å². The van der Waals surface area contributed by atoms with Crippen LogP contribution in [0.25, 0.3) is 0 Å². The van der Waals surface area contributed by atoms with Gasteiger partial charge in [-0.25, -0.2) is 0 Å². The summed E-state index contributed by atoms with van der Waals surface area (Å²) in [6.45, 7) is 8.44. The van der Waals surface area contributed by atoms with Gasteiger partial charge in [-0.1, -0.05) is 32.9 Å². The lowest BCUT2D eigenvalue weighted by atomic mass is 9.87. The highest BCUT2D eigenvalue weighted by molar-refractivity contribution is 5.80. The molecule has 20 heavy (non-hydrogen) atoms. The summed E-state index contributed by atoms with van der Waals surface area (Å²) in [5, 5.41) is 8.83. The first-order valence-electron chi connectivity index (χ1n) is 6.88. The zero-order chi connectivity index (χ0) is 15.3. The summed E-state index contributed by atoms with van der Waals surface area (Å²) in [4.78, 5) is 13.4. The predicted molar refractivity (Wildman–Crippen MR) is 80.0 cm³/mol. The summed E-state index contributed by atoms with van der Waals surface area (Å²) >= 11 is 0. The van der Waals surface area contributed by atoms with E-state index >= 15 is 0 Å². The minimum absolute atomic E-state index is 0.0464. The molecule has 1 amide bonds. The number of benzene rings is 1. The van der Waals surface area contributed by atoms with Gasteiger partial charge in [-0.05, 0) is 30.0 Å². The maximum Gasteiger partial charge on any atom is 0.263 e. The number of carbonyl (C=O) groups is 1. The Morgan fingerprint density at radius 2 is 1.85 bits per heavy atom. The molecule has 0 saturated carbocycles. The third-order valence-electron chi connectivity index (χ3n) is 3.19. The normalized spacial score (nSPS) is 12.9. The number of amides is 1. The first kappa shape index (κ1) is 16.5. The van der Waals surface area contributed by atoms with Crippen molar-refractivity contribution in [2.75, 3.05) is 20.2 Å². The number of rotatable bonds is 5. The molecule has 4 heteroatoms. The Hall–Kier alpha value is -1.55. The van der Waals surface area contributed by atoms with Crippen molar-refractivity contribution in [2.45, 2.75) is 39.2 Å². The van der Waals surface area contributed by atoms with Crippen LogP contribution in [0.2, 0.25) is 0 Å². The molecule has 0 fully saturated rings. The van der Waals surface area contributed by atoms with Crippen molar-refractivity contribution in [1.29, 1.82) is 0 Å². The van der Waals surface area contributed by atoms with Crippen molar-refractivity contribution in [3.8, 4) is 5.75 Å². The van der Waals surface area contributed by atoms with Crippen molar-refractivity contribution in [3.05, 3.63) is 29.8 Å². The van der Waals surface area contributed by atoms with Crippen molar-refractivity contribution in [3.63, 3.8) is 0 Å². The van der Waals surface area contributed by atoms with E-state index in [-0.39, 0.29) is 17.9 Å². The number of carbonyl (C=O) groups excluding carboxylic acids is 1. The second kappa shape index (κ2) is 6.75. The number of aliphatic hydroxyl groups is 1. The van der Waals surface area contributed by atoms with E-state index in [0.29, 0.717) is 12.3 Å². The van der Waals surface area contributed by atoms with E-state index in [0.717, 1.165) is 0 Å². The summed E-state index contributed by atoms with van der Waals surface area (Å²) in [6, 6.07) is 7.81. The fraction of sp³-hybridized carbons (Fsp3) is 0.562. The second-order valence-electron chi connectivity index (χ2n) is 6.02. The topological polar surface area (TPSA) is 49.8 Å². The van der Waals surface area contributed by atoms with Gasteiger partial charge in [0.25, 0.3) is 5.91 Å². The van der Waals surface area contributed by atoms with Crippen LogP contribution in [0.15, 0.2) is 24.3 Å². The zero-order valence-electron chi connectivity index (χ0n) is 13.0. The molecule has 0 spiro atoms. The van der Waals surface area contributed by atoms with E-state index in [1.165, 1.54) is 10.5 Å². The average Bonchev–Trinajstić information content (AvgIpc) is 2.37. The van der Waals surface area contributed by atoms with Crippen LogP contribution in [0.1, 0.15) is 33.3 Å². The maximum atomic E-state index is 12.0. The van der Waals surface area contributed by atoms with Crippen LogP contribution in [0.4, 0.5) is 0 Å². The Labute approximate surface area is 121 Å². The highest BCUT2D eigenvalue weighted by atomic mass is 16.5. The predicted octanol–water partition coefficient (Wildman–Crippen LogP) is 2.20. The van der Waals surface area contributed by atoms with Crippen LogP contribution in [0, 0.1) is 0 Å². The molecule has 0 heterocycles. The Balaban J connectivity index is 2.67. The van der Waals surface area contributed by atoms with E-state index in [4.69, 9.17) is 9.84 Å². The molecule has 1 aromatic rings. The van der Waals surface area contributed by atoms with Crippen LogP contribution in [0.3, 0.4) is 0 Å². The summed E-state index contributed by atoms with van der Waals surface area (Å²) in [6.07, 6.45) is -0.563. The molecule has 0 aromatic heterocycles. The molecule has 0 bridgehead atoms. The van der Waals surface area contributed by atoms with Crippen LogP contribution < -0.4 is 4.74 Å². The fourth-order valence-corrected chi connectivity index (χ4v) is 1.86. The van der Waals surface area contributed by atoms with Gasteiger partial charge < -0.3 is 14.7 Å². The van der Waals surface area contributed by atoms with E-state index < -0.39 is 6.10 Å². The summed E-state index contributed by atoms with van der Waals surface area (Å²) in [7, 11) is 1.65. The SMILES string of the molecule is CC(Oc1ccc(C(C)(C)C)cc1)C(=O)N(C)CCO. The molecule has 0 saturated heterocycles.